The first-order chi connectivity index (χ1) is 10.4. The lowest BCUT2D eigenvalue weighted by Gasteiger charge is -2.20. The summed E-state index contributed by atoms with van der Waals surface area (Å²) in [6, 6.07) is 7.72. The van der Waals surface area contributed by atoms with Gasteiger partial charge in [0.2, 0.25) is 0 Å². The lowest BCUT2D eigenvalue weighted by Crippen LogP contribution is -2.27. The zero-order valence-corrected chi connectivity index (χ0v) is 13.7. The Hall–Kier alpha value is -1.97. The summed E-state index contributed by atoms with van der Waals surface area (Å²) in [6.45, 7) is 6.53. The predicted molar refractivity (Wildman–Crippen MR) is 91.3 cm³/mol. The zero-order valence-electron chi connectivity index (χ0n) is 13.7. The van der Waals surface area contributed by atoms with E-state index < -0.39 is 11.7 Å². The molecule has 0 fully saturated rings. The van der Waals surface area contributed by atoms with E-state index in [4.69, 9.17) is 4.74 Å². The highest BCUT2D eigenvalue weighted by molar-refractivity contribution is 5.85. The summed E-state index contributed by atoms with van der Waals surface area (Å²) in [4.78, 5) is 11.7. The molecular formula is C18H26N2O2. The topological polar surface area (TPSA) is 50.4 Å². The number of nitrogens with one attached hydrogen (secondary N) is 2. The smallest absolute Gasteiger partial charge is 0.412 e. The highest BCUT2D eigenvalue weighted by Gasteiger charge is 2.16. The van der Waals surface area contributed by atoms with Gasteiger partial charge >= 0.3 is 6.09 Å². The highest BCUT2D eigenvalue weighted by atomic mass is 16.6. The molecule has 0 heterocycles. The summed E-state index contributed by atoms with van der Waals surface area (Å²) < 4.78 is 5.23. The van der Waals surface area contributed by atoms with Crippen LogP contribution in [0.4, 0.5) is 16.2 Å². The van der Waals surface area contributed by atoms with Gasteiger partial charge in [-0.05, 0) is 70.2 Å². The fourth-order valence-electron chi connectivity index (χ4n) is 2.40. The van der Waals surface area contributed by atoms with Crippen LogP contribution in [0, 0.1) is 5.92 Å². The van der Waals surface area contributed by atoms with Crippen molar-refractivity contribution in [3.63, 3.8) is 0 Å². The lowest BCUT2D eigenvalue weighted by molar-refractivity contribution is 0.0636. The molecule has 1 aromatic rings. The van der Waals surface area contributed by atoms with Gasteiger partial charge in [0, 0.05) is 17.9 Å². The van der Waals surface area contributed by atoms with Crippen molar-refractivity contribution in [3.05, 3.63) is 36.4 Å². The van der Waals surface area contributed by atoms with Gasteiger partial charge in [0.05, 0.1) is 0 Å². The SMILES string of the molecule is CC(C)(C)OC(=O)Nc1ccc(NCC2CC=CCC2)cc1. The van der Waals surface area contributed by atoms with E-state index in [0.29, 0.717) is 5.92 Å². The summed E-state index contributed by atoms with van der Waals surface area (Å²) in [7, 11) is 0. The molecule has 0 spiro atoms. The van der Waals surface area contributed by atoms with Crippen molar-refractivity contribution in [2.75, 3.05) is 17.2 Å². The number of ether oxygens (including phenoxy) is 1. The molecule has 1 atom stereocenters. The molecule has 4 nitrogen and oxygen atoms in total. The summed E-state index contributed by atoms with van der Waals surface area (Å²) >= 11 is 0. The molecule has 1 unspecified atom stereocenters. The van der Waals surface area contributed by atoms with E-state index in [0.717, 1.165) is 24.3 Å². The van der Waals surface area contributed by atoms with Crippen LogP contribution in [0.1, 0.15) is 40.0 Å². The Morgan fingerprint density at radius 2 is 1.86 bits per heavy atom. The van der Waals surface area contributed by atoms with Crippen molar-refractivity contribution < 1.29 is 9.53 Å². The number of amides is 1. The Labute approximate surface area is 132 Å². The fraction of sp³-hybridized carbons (Fsp3) is 0.500. The molecule has 1 aliphatic carbocycles. The largest absolute Gasteiger partial charge is 0.444 e. The van der Waals surface area contributed by atoms with E-state index in [9.17, 15) is 4.79 Å². The minimum atomic E-state index is -0.486. The van der Waals surface area contributed by atoms with E-state index in [1.807, 2.05) is 45.0 Å². The molecule has 0 aliphatic heterocycles. The van der Waals surface area contributed by atoms with Gasteiger partial charge < -0.3 is 10.1 Å². The first-order valence-electron chi connectivity index (χ1n) is 7.91. The molecule has 0 aromatic heterocycles. The second-order valence-corrected chi connectivity index (χ2v) is 6.74. The summed E-state index contributed by atoms with van der Waals surface area (Å²) in [6.07, 6.45) is 7.69. The van der Waals surface area contributed by atoms with Crippen LogP contribution in [-0.4, -0.2) is 18.2 Å². The van der Waals surface area contributed by atoms with Crippen LogP contribution in [0.25, 0.3) is 0 Å². The Morgan fingerprint density at radius 3 is 2.45 bits per heavy atom. The molecule has 120 valence electrons. The zero-order chi connectivity index (χ0) is 16.0. The number of hydrogen-bond acceptors (Lipinski definition) is 3. The second kappa shape index (κ2) is 7.34. The molecule has 1 aromatic carbocycles. The molecule has 2 N–H and O–H groups in total. The molecule has 0 saturated carbocycles. The molecule has 4 heteroatoms. The quantitative estimate of drug-likeness (QED) is 0.785. The number of carbonyl (C=O) groups excluding carboxylic acids is 1. The average Bonchev–Trinajstić information content (AvgIpc) is 2.45. The summed E-state index contributed by atoms with van der Waals surface area (Å²) in [5.41, 5.74) is 1.32. The minimum Gasteiger partial charge on any atom is -0.444 e. The van der Waals surface area contributed by atoms with E-state index in [1.54, 1.807) is 0 Å². The maximum absolute atomic E-state index is 11.7. The van der Waals surface area contributed by atoms with Crippen molar-refractivity contribution in [3.8, 4) is 0 Å². The average molecular weight is 302 g/mol. The minimum absolute atomic E-state index is 0.429. The Balaban J connectivity index is 1.79. The predicted octanol–water partition coefficient (Wildman–Crippen LogP) is 4.80. The number of carbonyl (C=O) groups is 1. The standard InChI is InChI=1S/C18H26N2O2/c1-18(2,3)22-17(21)20-16-11-9-15(10-12-16)19-13-14-7-5-4-6-8-14/h4-5,9-12,14,19H,6-8,13H2,1-3H3,(H,20,21). The van der Waals surface area contributed by atoms with Gasteiger partial charge in [0.25, 0.3) is 0 Å². The van der Waals surface area contributed by atoms with Crippen molar-refractivity contribution in [2.24, 2.45) is 5.92 Å². The van der Waals surface area contributed by atoms with Crippen molar-refractivity contribution in [2.45, 2.75) is 45.6 Å². The Morgan fingerprint density at radius 1 is 1.18 bits per heavy atom. The number of benzene rings is 1. The monoisotopic (exact) mass is 302 g/mol. The van der Waals surface area contributed by atoms with Crippen LogP contribution in [-0.2, 0) is 4.74 Å². The first-order valence-corrected chi connectivity index (χ1v) is 7.91. The lowest BCUT2D eigenvalue weighted by atomic mass is 9.94. The molecule has 0 radical (unpaired) electrons. The van der Waals surface area contributed by atoms with E-state index in [1.165, 1.54) is 12.8 Å². The van der Waals surface area contributed by atoms with Crippen LogP contribution in [0.15, 0.2) is 36.4 Å². The van der Waals surface area contributed by atoms with E-state index in [-0.39, 0.29) is 0 Å². The van der Waals surface area contributed by atoms with Gasteiger partial charge in [-0.15, -0.1) is 0 Å². The van der Waals surface area contributed by atoms with Crippen LogP contribution < -0.4 is 10.6 Å². The van der Waals surface area contributed by atoms with Crippen LogP contribution >= 0.6 is 0 Å². The number of rotatable bonds is 4. The van der Waals surface area contributed by atoms with Crippen molar-refractivity contribution in [1.29, 1.82) is 0 Å². The number of allylic oxidation sites excluding steroid dienone is 2. The Kier molecular flexibility index (Phi) is 5.47. The van der Waals surface area contributed by atoms with Crippen LogP contribution in [0.5, 0.6) is 0 Å². The fourth-order valence-corrected chi connectivity index (χ4v) is 2.40. The highest BCUT2D eigenvalue weighted by Crippen LogP contribution is 2.20. The summed E-state index contributed by atoms with van der Waals surface area (Å²) in [5, 5.41) is 6.19. The van der Waals surface area contributed by atoms with Gasteiger partial charge in [-0.25, -0.2) is 4.79 Å². The van der Waals surface area contributed by atoms with Crippen LogP contribution in [0.2, 0.25) is 0 Å². The molecule has 1 amide bonds. The number of hydrogen-bond donors (Lipinski definition) is 2. The summed E-state index contributed by atoms with van der Waals surface area (Å²) in [5.74, 6) is 0.713. The molecule has 0 bridgehead atoms. The van der Waals surface area contributed by atoms with Gasteiger partial charge in [0.1, 0.15) is 5.60 Å². The maximum Gasteiger partial charge on any atom is 0.412 e. The Bertz CT molecular complexity index is 515. The van der Waals surface area contributed by atoms with Crippen molar-refractivity contribution in [1.82, 2.24) is 0 Å². The molecule has 0 saturated heterocycles. The van der Waals surface area contributed by atoms with Crippen molar-refractivity contribution >= 4 is 17.5 Å². The van der Waals surface area contributed by atoms with E-state index >= 15 is 0 Å². The number of anilines is 2. The molecule has 1 aliphatic rings. The third kappa shape index (κ3) is 5.80. The van der Waals surface area contributed by atoms with Crippen LogP contribution in [0.3, 0.4) is 0 Å². The molecular weight excluding hydrogens is 276 g/mol. The van der Waals surface area contributed by atoms with Gasteiger partial charge in [-0.3, -0.25) is 5.32 Å². The molecule has 2 rings (SSSR count). The first kappa shape index (κ1) is 16.4. The normalized spacial score (nSPS) is 17.9. The third-order valence-corrected chi connectivity index (χ3v) is 3.50. The van der Waals surface area contributed by atoms with Gasteiger partial charge in [-0.1, -0.05) is 12.2 Å². The van der Waals surface area contributed by atoms with Gasteiger partial charge in [-0.2, -0.15) is 0 Å². The maximum atomic E-state index is 11.7. The van der Waals surface area contributed by atoms with E-state index in [2.05, 4.69) is 22.8 Å². The third-order valence-electron chi connectivity index (χ3n) is 3.50. The second-order valence-electron chi connectivity index (χ2n) is 6.74. The van der Waals surface area contributed by atoms with Gasteiger partial charge in [0.15, 0.2) is 0 Å². The molecule has 22 heavy (non-hydrogen) atoms.